The molecular formula is C13H20N2O3. The number of ether oxygens (including phenoxy) is 1. The number of hydrogen-bond acceptors (Lipinski definition) is 4. The first kappa shape index (κ1) is 14.4. The van der Waals surface area contributed by atoms with E-state index in [1.54, 1.807) is 19.2 Å². The molecule has 5 nitrogen and oxygen atoms in total. The molecule has 0 radical (unpaired) electrons. The smallest absolute Gasteiger partial charge is 0.292 e. The minimum atomic E-state index is -0.364. The van der Waals surface area contributed by atoms with Gasteiger partial charge in [0.15, 0.2) is 0 Å². The number of anilines is 1. The molecule has 0 amide bonds. The van der Waals surface area contributed by atoms with Crippen LogP contribution in [-0.2, 0) is 4.74 Å². The molecule has 100 valence electrons. The number of nitrogens with zero attached hydrogens (tertiary/aromatic N) is 1. The Morgan fingerprint density at radius 2 is 2.11 bits per heavy atom. The van der Waals surface area contributed by atoms with Crippen molar-refractivity contribution in [1.29, 1.82) is 0 Å². The van der Waals surface area contributed by atoms with Crippen LogP contribution in [0.2, 0.25) is 0 Å². The molecule has 0 heterocycles. The largest absolute Gasteiger partial charge is 0.379 e. The third-order valence-corrected chi connectivity index (χ3v) is 2.95. The first-order valence-corrected chi connectivity index (χ1v) is 5.90. The van der Waals surface area contributed by atoms with Crippen LogP contribution in [0.4, 0.5) is 11.4 Å². The lowest BCUT2D eigenvalue weighted by Crippen LogP contribution is -2.25. The predicted molar refractivity (Wildman–Crippen MR) is 72.0 cm³/mol. The molecule has 0 aromatic heterocycles. The van der Waals surface area contributed by atoms with Crippen LogP contribution in [0.1, 0.15) is 25.8 Å². The fraction of sp³-hybridized carbons (Fsp3) is 0.538. The summed E-state index contributed by atoms with van der Waals surface area (Å²) in [6.45, 7) is 6.44. The molecule has 0 aliphatic rings. The van der Waals surface area contributed by atoms with Gasteiger partial charge in [-0.05, 0) is 38.8 Å². The SMILES string of the molecule is COC(C)(C)CCNc1ccc(C)cc1[N+](=O)[O-]. The standard InChI is InChI=1S/C13H20N2O3/c1-10-5-6-11(12(9-10)15(16)17)14-8-7-13(2,3)18-4/h5-6,9,14H,7-8H2,1-4H3. The zero-order chi connectivity index (χ0) is 13.8. The van der Waals surface area contributed by atoms with Crippen molar-refractivity contribution in [3.8, 4) is 0 Å². The van der Waals surface area contributed by atoms with Crippen molar-refractivity contribution in [2.45, 2.75) is 32.8 Å². The molecule has 18 heavy (non-hydrogen) atoms. The molecule has 0 aliphatic heterocycles. The van der Waals surface area contributed by atoms with Gasteiger partial charge in [-0.15, -0.1) is 0 Å². The van der Waals surface area contributed by atoms with E-state index in [0.717, 1.165) is 12.0 Å². The number of nitro groups is 1. The van der Waals surface area contributed by atoms with Gasteiger partial charge >= 0.3 is 0 Å². The zero-order valence-electron chi connectivity index (χ0n) is 11.3. The Bertz CT molecular complexity index is 430. The van der Waals surface area contributed by atoms with E-state index in [4.69, 9.17) is 4.74 Å². The highest BCUT2D eigenvalue weighted by molar-refractivity contribution is 5.62. The van der Waals surface area contributed by atoms with Crippen LogP contribution in [0.3, 0.4) is 0 Å². The number of hydrogen-bond donors (Lipinski definition) is 1. The van der Waals surface area contributed by atoms with E-state index in [1.807, 2.05) is 26.8 Å². The van der Waals surface area contributed by atoms with Crippen LogP contribution in [0.25, 0.3) is 0 Å². The summed E-state index contributed by atoms with van der Waals surface area (Å²) < 4.78 is 5.30. The molecule has 0 atom stereocenters. The van der Waals surface area contributed by atoms with E-state index in [9.17, 15) is 10.1 Å². The molecule has 0 saturated heterocycles. The number of nitro benzene ring substituents is 1. The average Bonchev–Trinajstić information content (AvgIpc) is 2.30. The molecular weight excluding hydrogens is 232 g/mol. The van der Waals surface area contributed by atoms with Gasteiger partial charge in [-0.1, -0.05) is 6.07 Å². The van der Waals surface area contributed by atoms with Gasteiger partial charge in [0.1, 0.15) is 5.69 Å². The van der Waals surface area contributed by atoms with Gasteiger partial charge in [-0.25, -0.2) is 0 Å². The van der Waals surface area contributed by atoms with Crippen LogP contribution in [-0.4, -0.2) is 24.2 Å². The third kappa shape index (κ3) is 4.00. The summed E-state index contributed by atoms with van der Waals surface area (Å²) >= 11 is 0. The van der Waals surface area contributed by atoms with Crippen molar-refractivity contribution < 1.29 is 9.66 Å². The summed E-state index contributed by atoms with van der Waals surface area (Å²) in [5.41, 5.74) is 1.32. The summed E-state index contributed by atoms with van der Waals surface area (Å²) in [5, 5.41) is 14.0. The molecule has 1 aromatic rings. The van der Waals surface area contributed by atoms with Gasteiger partial charge in [0.2, 0.25) is 0 Å². The monoisotopic (exact) mass is 252 g/mol. The quantitative estimate of drug-likeness (QED) is 0.624. The van der Waals surface area contributed by atoms with Gasteiger partial charge in [-0.2, -0.15) is 0 Å². The minimum absolute atomic E-state index is 0.116. The normalized spacial score (nSPS) is 11.3. The topological polar surface area (TPSA) is 64.4 Å². The van der Waals surface area contributed by atoms with Crippen molar-refractivity contribution in [3.05, 3.63) is 33.9 Å². The van der Waals surface area contributed by atoms with Crippen LogP contribution < -0.4 is 5.32 Å². The number of aryl methyl sites for hydroxylation is 1. The van der Waals surface area contributed by atoms with E-state index in [0.29, 0.717) is 12.2 Å². The summed E-state index contributed by atoms with van der Waals surface area (Å²) in [4.78, 5) is 10.6. The summed E-state index contributed by atoms with van der Waals surface area (Å²) in [6.07, 6.45) is 0.772. The highest BCUT2D eigenvalue weighted by Gasteiger charge is 2.17. The van der Waals surface area contributed by atoms with E-state index >= 15 is 0 Å². The maximum Gasteiger partial charge on any atom is 0.292 e. The van der Waals surface area contributed by atoms with Crippen molar-refractivity contribution in [2.75, 3.05) is 19.0 Å². The number of methoxy groups -OCH3 is 1. The fourth-order valence-electron chi connectivity index (χ4n) is 1.54. The molecule has 0 unspecified atom stereocenters. The lowest BCUT2D eigenvalue weighted by molar-refractivity contribution is -0.384. The number of benzene rings is 1. The summed E-state index contributed by atoms with van der Waals surface area (Å²) in [6, 6.07) is 5.17. The van der Waals surface area contributed by atoms with E-state index in [2.05, 4.69) is 5.32 Å². The van der Waals surface area contributed by atoms with Gasteiger partial charge in [-0.3, -0.25) is 10.1 Å². The van der Waals surface area contributed by atoms with Crippen LogP contribution >= 0.6 is 0 Å². The molecule has 0 bridgehead atoms. The Labute approximate surface area is 107 Å². The molecule has 5 heteroatoms. The molecule has 1 aromatic carbocycles. The van der Waals surface area contributed by atoms with Gasteiger partial charge < -0.3 is 10.1 Å². The average molecular weight is 252 g/mol. The minimum Gasteiger partial charge on any atom is -0.379 e. The van der Waals surface area contributed by atoms with Gasteiger partial charge in [0.25, 0.3) is 5.69 Å². The second-order valence-corrected chi connectivity index (χ2v) is 4.92. The van der Waals surface area contributed by atoms with E-state index in [-0.39, 0.29) is 16.2 Å². The Balaban J connectivity index is 2.70. The van der Waals surface area contributed by atoms with Crippen molar-refractivity contribution in [3.63, 3.8) is 0 Å². The van der Waals surface area contributed by atoms with Crippen molar-refractivity contribution >= 4 is 11.4 Å². The fourth-order valence-corrected chi connectivity index (χ4v) is 1.54. The van der Waals surface area contributed by atoms with Gasteiger partial charge in [0.05, 0.1) is 10.5 Å². The highest BCUT2D eigenvalue weighted by Crippen LogP contribution is 2.25. The van der Waals surface area contributed by atoms with Crippen molar-refractivity contribution in [1.82, 2.24) is 0 Å². The second kappa shape index (κ2) is 5.82. The van der Waals surface area contributed by atoms with E-state index in [1.165, 1.54) is 0 Å². The lowest BCUT2D eigenvalue weighted by Gasteiger charge is -2.23. The van der Waals surface area contributed by atoms with Crippen molar-refractivity contribution in [2.24, 2.45) is 0 Å². The second-order valence-electron chi connectivity index (χ2n) is 4.92. The summed E-state index contributed by atoms with van der Waals surface area (Å²) in [7, 11) is 1.66. The van der Waals surface area contributed by atoms with Gasteiger partial charge in [0, 0.05) is 19.7 Å². The maximum atomic E-state index is 10.9. The Morgan fingerprint density at radius 1 is 1.44 bits per heavy atom. The Kier molecular flexibility index (Phi) is 4.67. The molecule has 0 fully saturated rings. The third-order valence-electron chi connectivity index (χ3n) is 2.95. The summed E-state index contributed by atoms with van der Waals surface area (Å²) in [5.74, 6) is 0. The number of rotatable bonds is 6. The molecule has 0 saturated carbocycles. The first-order chi connectivity index (χ1) is 8.35. The molecule has 0 aliphatic carbocycles. The number of nitrogens with one attached hydrogen (secondary N) is 1. The Hall–Kier alpha value is -1.62. The lowest BCUT2D eigenvalue weighted by atomic mass is 10.1. The first-order valence-electron chi connectivity index (χ1n) is 5.90. The Morgan fingerprint density at radius 3 is 2.67 bits per heavy atom. The maximum absolute atomic E-state index is 10.9. The van der Waals surface area contributed by atoms with Crippen LogP contribution in [0.15, 0.2) is 18.2 Å². The predicted octanol–water partition coefficient (Wildman–Crippen LogP) is 3.13. The highest BCUT2D eigenvalue weighted by atomic mass is 16.6. The molecule has 0 spiro atoms. The molecule has 1 N–H and O–H groups in total. The molecule has 1 rings (SSSR count). The zero-order valence-corrected chi connectivity index (χ0v) is 11.3. The van der Waals surface area contributed by atoms with E-state index < -0.39 is 0 Å². The van der Waals surface area contributed by atoms with Crippen LogP contribution in [0, 0.1) is 17.0 Å². The van der Waals surface area contributed by atoms with Crippen LogP contribution in [0.5, 0.6) is 0 Å².